The molecular weight excluding hydrogens is 280 g/mol. The molecule has 1 aromatic carbocycles. The lowest BCUT2D eigenvalue weighted by Crippen LogP contribution is -2.24. The Morgan fingerprint density at radius 1 is 1.29 bits per heavy atom. The van der Waals surface area contributed by atoms with Gasteiger partial charge in [-0.25, -0.2) is 4.98 Å². The van der Waals surface area contributed by atoms with Crippen LogP contribution in [-0.4, -0.2) is 10.9 Å². The van der Waals surface area contributed by atoms with Gasteiger partial charge in [-0.05, 0) is 49.3 Å². The minimum atomic E-state index is 0.0682. The first kappa shape index (κ1) is 14.3. The van der Waals surface area contributed by atoms with Crippen molar-refractivity contribution in [1.82, 2.24) is 10.3 Å². The normalized spacial score (nSPS) is 13.8. The van der Waals surface area contributed by atoms with E-state index < -0.39 is 0 Å². The van der Waals surface area contributed by atoms with Gasteiger partial charge in [-0.15, -0.1) is 11.3 Å². The summed E-state index contributed by atoms with van der Waals surface area (Å²) in [4.78, 5) is 16.4. The van der Waals surface area contributed by atoms with E-state index >= 15 is 0 Å². The Balaban J connectivity index is 1.57. The van der Waals surface area contributed by atoms with Crippen LogP contribution >= 0.6 is 11.3 Å². The van der Waals surface area contributed by atoms with Crippen LogP contribution in [0.15, 0.2) is 23.6 Å². The number of amides is 1. The number of hydrogen-bond donors (Lipinski definition) is 1. The highest BCUT2D eigenvalue weighted by Crippen LogP contribution is 2.22. The van der Waals surface area contributed by atoms with Gasteiger partial charge in [0.1, 0.15) is 5.01 Å². The van der Waals surface area contributed by atoms with Crippen LogP contribution in [0.25, 0.3) is 0 Å². The first-order valence-corrected chi connectivity index (χ1v) is 8.37. The molecule has 2 aromatic rings. The lowest BCUT2D eigenvalue weighted by molar-refractivity contribution is -0.120. The lowest BCUT2D eigenvalue weighted by Gasteiger charge is -2.16. The van der Waals surface area contributed by atoms with Crippen LogP contribution in [0.3, 0.4) is 0 Å². The number of thiazole rings is 1. The van der Waals surface area contributed by atoms with E-state index in [1.54, 1.807) is 11.3 Å². The van der Waals surface area contributed by atoms with E-state index in [1.165, 1.54) is 30.4 Å². The minimum Gasteiger partial charge on any atom is -0.349 e. The van der Waals surface area contributed by atoms with E-state index in [-0.39, 0.29) is 5.91 Å². The van der Waals surface area contributed by atoms with Gasteiger partial charge in [0, 0.05) is 11.1 Å². The number of nitrogens with one attached hydrogen (secondary N) is 1. The van der Waals surface area contributed by atoms with Crippen molar-refractivity contribution < 1.29 is 4.79 Å². The molecule has 0 bridgehead atoms. The first-order valence-electron chi connectivity index (χ1n) is 7.49. The third-order valence-electron chi connectivity index (χ3n) is 3.88. The van der Waals surface area contributed by atoms with Crippen molar-refractivity contribution in [2.24, 2.45) is 0 Å². The summed E-state index contributed by atoms with van der Waals surface area (Å²) in [5.74, 6) is 0.0682. The highest BCUT2D eigenvalue weighted by Gasteiger charge is 2.11. The molecule has 110 valence electrons. The summed E-state index contributed by atoms with van der Waals surface area (Å²) >= 11 is 1.59. The fraction of sp³-hybridized carbons (Fsp3) is 0.412. The fourth-order valence-electron chi connectivity index (χ4n) is 2.80. The molecular formula is C17H20N2OS. The Kier molecular flexibility index (Phi) is 4.34. The number of benzene rings is 1. The topological polar surface area (TPSA) is 42.0 Å². The van der Waals surface area contributed by atoms with Crippen molar-refractivity contribution in [2.75, 3.05) is 0 Å². The van der Waals surface area contributed by atoms with Crippen molar-refractivity contribution >= 4 is 17.2 Å². The van der Waals surface area contributed by atoms with Gasteiger partial charge in [0.05, 0.1) is 13.0 Å². The summed E-state index contributed by atoms with van der Waals surface area (Å²) in [5.41, 5.74) is 5.02. The minimum absolute atomic E-state index is 0.0682. The van der Waals surface area contributed by atoms with Gasteiger partial charge in [-0.3, -0.25) is 4.79 Å². The molecule has 0 atom stereocenters. The van der Waals surface area contributed by atoms with Gasteiger partial charge in [0.25, 0.3) is 0 Å². The van der Waals surface area contributed by atoms with Gasteiger partial charge < -0.3 is 5.32 Å². The van der Waals surface area contributed by atoms with Crippen molar-refractivity contribution in [1.29, 1.82) is 0 Å². The SMILES string of the molecule is Cc1csc(CNC(=O)Cc2ccc3c(c2)CCCC3)n1. The second kappa shape index (κ2) is 6.39. The number of fused-ring (bicyclic) bond motifs is 1. The molecule has 1 aromatic heterocycles. The summed E-state index contributed by atoms with van der Waals surface area (Å²) in [7, 11) is 0. The summed E-state index contributed by atoms with van der Waals surface area (Å²) in [6.45, 7) is 2.50. The van der Waals surface area contributed by atoms with Crippen LogP contribution in [-0.2, 0) is 30.6 Å². The quantitative estimate of drug-likeness (QED) is 0.942. The Labute approximate surface area is 129 Å². The third kappa shape index (κ3) is 3.70. The molecule has 3 nitrogen and oxygen atoms in total. The number of hydrogen-bond acceptors (Lipinski definition) is 3. The van der Waals surface area contributed by atoms with E-state index in [0.29, 0.717) is 13.0 Å². The van der Waals surface area contributed by atoms with Gasteiger partial charge in [0.2, 0.25) is 5.91 Å². The fourth-order valence-corrected chi connectivity index (χ4v) is 3.51. The molecule has 1 heterocycles. The van der Waals surface area contributed by atoms with Crippen LogP contribution in [0.5, 0.6) is 0 Å². The maximum absolute atomic E-state index is 12.0. The molecule has 0 unspecified atom stereocenters. The lowest BCUT2D eigenvalue weighted by atomic mass is 9.90. The van der Waals surface area contributed by atoms with Gasteiger partial charge in [-0.2, -0.15) is 0 Å². The molecule has 1 amide bonds. The molecule has 0 saturated carbocycles. The van der Waals surface area contributed by atoms with E-state index in [4.69, 9.17) is 0 Å². The standard InChI is InChI=1S/C17H20N2OS/c1-12-11-21-17(19-12)10-18-16(20)9-13-6-7-14-4-2-3-5-15(14)8-13/h6-8,11H,2-5,9-10H2,1H3,(H,18,20). The predicted octanol–water partition coefficient (Wildman–Crippen LogP) is 3.19. The number of aryl methyl sites for hydroxylation is 3. The molecule has 21 heavy (non-hydrogen) atoms. The van der Waals surface area contributed by atoms with Crippen LogP contribution < -0.4 is 5.32 Å². The maximum Gasteiger partial charge on any atom is 0.224 e. The van der Waals surface area contributed by atoms with Crippen LogP contribution in [0.4, 0.5) is 0 Å². The predicted molar refractivity (Wildman–Crippen MR) is 85.5 cm³/mol. The summed E-state index contributed by atoms with van der Waals surface area (Å²) in [6.07, 6.45) is 5.36. The number of aromatic nitrogens is 1. The summed E-state index contributed by atoms with van der Waals surface area (Å²) < 4.78 is 0. The largest absolute Gasteiger partial charge is 0.349 e. The summed E-state index contributed by atoms with van der Waals surface area (Å²) in [5, 5.41) is 5.92. The first-order chi connectivity index (χ1) is 10.2. The molecule has 0 radical (unpaired) electrons. The Morgan fingerprint density at radius 3 is 2.86 bits per heavy atom. The zero-order valence-electron chi connectivity index (χ0n) is 12.3. The average Bonchev–Trinajstić information content (AvgIpc) is 2.91. The zero-order valence-corrected chi connectivity index (χ0v) is 13.1. The molecule has 1 aliphatic carbocycles. The van der Waals surface area contributed by atoms with Gasteiger partial charge in [-0.1, -0.05) is 18.2 Å². The van der Waals surface area contributed by atoms with Crippen LogP contribution in [0.2, 0.25) is 0 Å². The number of carbonyl (C=O) groups excluding carboxylic acids is 1. The smallest absolute Gasteiger partial charge is 0.224 e. The third-order valence-corrected chi connectivity index (χ3v) is 4.85. The number of carbonyl (C=O) groups is 1. The van der Waals surface area contributed by atoms with E-state index in [0.717, 1.165) is 22.7 Å². The number of rotatable bonds is 4. The molecule has 1 N–H and O–H groups in total. The van der Waals surface area contributed by atoms with Gasteiger partial charge in [0.15, 0.2) is 0 Å². The van der Waals surface area contributed by atoms with E-state index in [9.17, 15) is 4.79 Å². The van der Waals surface area contributed by atoms with E-state index in [1.807, 2.05) is 12.3 Å². The van der Waals surface area contributed by atoms with Crippen molar-refractivity contribution in [3.8, 4) is 0 Å². The van der Waals surface area contributed by atoms with Crippen molar-refractivity contribution in [2.45, 2.75) is 45.6 Å². The molecule has 0 fully saturated rings. The Hall–Kier alpha value is -1.68. The van der Waals surface area contributed by atoms with E-state index in [2.05, 4.69) is 28.5 Å². The molecule has 0 aliphatic heterocycles. The second-order valence-electron chi connectivity index (χ2n) is 5.65. The molecule has 0 saturated heterocycles. The average molecular weight is 300 g/mol. The summed E-state index contributed by atoms with van der Waals surface area (Å²) in [6, 6.07) is 6.50. The Bertz CT molecular complexity index is 648. The molecule has 1 aliphatic rings. The van der Waals surface area contributed by atoms with Crippen molar-refractivity contribution in [3.05, 3.63) is 51.0 Å². The van der Waals surface area contributed by atoms with Gasteiger partial charge >= 0.3 is 0 Å². The molecule has 0 spiro atoms. The molecule has 3 rings (SSSR count). The zero-order chi connectivity index (χ0) is 14.7. The highest BCUT2D eigenvalue weighted by molar-refractivity contribution is 7.09. The van der Waals surface area contributed by atoms with Crippen LogP contribution in [0, 0.1) is 6.92 Å². The second-order valence-corrected chi connectivity index (χ2v) is 6.59. The van der Waals surface area contributed by atoms with Crippen LogP contribution in [0.1, 0.15) is 40.2 Å². The molecule has 4 heteroatoms. The van der Waals surface area contributed by atoms with Crippen molar-refractivity contribution in [3.63, 3.8) is 0 Å². The monoisotopic (exact) mass is 300 g/mol. The number of nitrogens with zero attached hydrogens (tertiary/aromatic N) is 1. The maximum atomic E-state index is 12.0. The Morgan fingerprint density at radius 2 is 2.10 bits per heavy atom. The highest BCUT2D eigenvalue weighted by atomic mass is 32.1.